The lowest BCUT2D eigenvalue weighted by Gasteiger charge is -2.02. The number of hydrogen-bond acceptors (Lipinski definition) is 4. The highest BCUT2D eigenvalue weighted by Gasteiger charge is 2.12. The van der Waals surface area contributed by atoms with Gasteiger partial charge in [0.05, 0.1) is 0 Å². The zero-order valence-corrected chi connectivity index (χ0v) is 9.64. The summed E-state index contributed by atoms with van der Waals surface area (Å²) in [6, 6.07) is 1.51. The summed E-state index contributed by atoms with van der Waals surface area (Å²) in [5.41, 5.74) is -0.0347. The van der Waals surface area contributed by atoms with Crippen LogP contribution in [-0.2, 0) is 6.42 Å². The van der Waals surface area contributed by atoms with Crippen LogP contribution in [0.5, 0.6) is 0 Å². The average Bonchev–Trinajstić information content (AvgIpc) is 2.74. The summed E-state index contributed by atoms with van der Waals surface area (Å²) in [6.07, 6.45) is 0.377. The number of nitrogens with zero attached hydrogens (tertiary/aromatic N) is 2. The Morgan fingerprint density at radius 1 is 1.17 bits per heavy atom. The molecule has 0 fully saturated rings. The Bertz CT molecular complexity index is 538. The van der Waals surface area contributed by atoms with Crippen molar-refractivity contribution in [1.29, 1.82) is 0 Å². The van der Waals surface area contributed by atoms with Crippen molar-refractivity contribution in [1.82, 2.24) is 10.2 Å². The molecule has 0 bridgehead atoms. The summed E-state index contributed by atoms with van der Waals surface area (Å²) >= 11 is 5.48. The van der Waals surface area contributed by atoms with Crippen LogP contribution in [0.25, 0.3) is 0 Å². The van der Waals surface area contributed by atoms with Gasteiger partial charge in [0, 0.05) is 30.1 Å². The zero-order valence-electron chi connectivity index (χ0n) is 8.88. The zero-order chi connectivity index (χ0) is 13.1. The predicted molar refractivity (Wildman–Crippen MR) is 58.3 cm³/mol. The van der Waals surface area contributed by atoms with Crippen molar-refractivity contribution in [3.8, 4) is 0 Å². The van der Waals surface area contributed by atoms with Gasteiger partial charge < -0.3 is 9.73 Å². The Morgan fingerprint density at radius 2 is 1.83 bits per heavy atom. The molecule has 18 heavy (non-hydrogen) atoms. The van der Waals surface area contributed by atoms with Gasteiger partial charge in [-0.2, -0.15) is 0 Å². The van der Waals surface area contributed by atoms with E-state index < -0.39 is 17.5 Å². The molecule has 2 aromatic rings. The summed E-state index contributed by atoms with van der Waals surface area (Å²) in [5, 5.41) is 9.69. The third-order valence-electron chi connectivity index (χ3n) is 2.01. The fraction of sp³-hybridized carbons (Fsp3) is 0.200. The lowest BCUT2D eigenvalue weighted by molar-refractivity contribution is 0.447. The second kappa shape index (κ2) is 5.26. The summed E-state index contributed by atoms with van der Waals surface area (Å²) < 4.78 is 43.7. The van der Waals surface area contributed by atoms with E-state index in [1.165, 1.54) is 0 Å². The first-order chi connectivity index (χ1) is 8.60. The van der Waals surface area contributed by atoms with Crippen LogP contribution < -0.4 is 5.32 Å². The molecule has 0 unspecified atom stereocenters. The third-order valence-corrected chi connectivity index (χ3v) is 2.20. The number of halogens is 4. The molecule has 1 heterocycles. The molecule has 4 nitrogen and oxygen atoms in total. The molecule has 0 saturated carbocycles. The van der Waals surface area contributed by atoms with Gasteiger partial charge in [-0.25, -0.2) is 13.2 Å². The normalized spacial score (nSPS) is 10.7. The molecule has 8 heteroatoms. The van der Waals surface area contributed by atoms with Crippen LogP contribution in [0.15, 0.2) is 16.5 Å². The second-order valence-electron chi connectivity index (χ2n) is 3.32. The highest BCUT2D eigenvalue weighted by molar-refractivity contribution is 6.17. The van der Waals surface area contributed by atoms with Crippen molar-refractivity contribution < 1.29 is 17.6 Å². The van der Waals surface area contributed by atoms with Crippen LogP contribution in [0.1, 0.15) is 5.89 Å². The molecule has 0 amide bonds. The molecule has 1 aromatic heterocycles. The number of alkyl halides is 1. The van der Waals surface area contributed by atoms with Crippen molar-refractivity contribution >= 4 is 23.3 Å². The highest BCUT2D eigenvalue weighted by Crippen LogP contribution is 2.20. The minimum Gasteiger partial charge on any atom is -0.408 e. The third kappa shape index (κ3) is 2.73. The van der Waals surface area contributed by atoms with Crippen LogP contribution in [0.3, 0.4) is 0 Å². The van der Waals surface area contributed by atoms with E-state index in [9.17, 15) is 13.2 Å². The number of anilines is 2. The maximum atomic E-state index is 12.9. The van der Waals surface area contributed by atoms with Crippen LogP contribution in [-0.4, -0.2) is 16.1 Å². The minimum absolute atomic E-state index is 0.0347. The molecule has 2 rings (SSSR count). The van der Waals surface area contributed by atoms with Crippen molar-refractivity contribution in [3.05, 3.63) is 35.5 Å². The van der Waals surface area contributed by atoms with Gasteiger partial charge in [0.15, 0.2) is 17.5 Å². The lowest BCUT2D eigenvalue weighted by Crippen LogP contribution is -1.96. The maximum Gasteiger partial charge on any atom is 0.320 e. The van der Waals surface area contributed by atoms with Crippen molar-refractivity contribution in [2.24, 2.45) is 0 Å². The molecule has 96 valence electrons. The van der Waals surface area contributed by atoms with Gasteiger partial charge >= 0.3 is 6.01 Å². The summed E-state index contributed by atoms with van der Waals surface area (Å²) in [6.45, 7) is 0. The van der Waals surface area contributed by atoms with E-state index in [4.69, 9.17) is 16.0 Å². The quantitative estimate of drug-likeness (QED) is 0.689. The minimum atomic E-state index is -1.53. The number of benzene rings is 1. The molecule has 0 aliphatic heterocycles. The fourth-order valence-corrected chi connectivity index (χ4v) is 1.40. The predicted octanol–water partition coefficient (Wildman–Crippen LogP) is 3.01. The van der Waals surface area contributed by atoms with E-state index in [0.717, 1.165) is 12.1 Å². The van der Waals surface area contributed by atoms with E-state index in [2.05, 4.69) is 15.5 Å². The van der Waals surface area contributed by atoms with Crippen molar-refractivity contribution in [2.75, 3.05) is 11.2 Å². The Kier molecular flexibility index (Phi) is 3.71. The maximum absolute atomic E-state index is 12.9. The molecule has 0 spiro atoms. The first-order valence-electron chi connectivity index (χ1n) is 4.90. The molecular weight excluding hydrogens is 271 g/mol. The number of rotatable bonds is 4. The van der Waals surface area contributed by atoms with Gasteiger partial charge in [-0.1, -0.05) is 5.10 Å². The summed E-state index contributed by atoms with van der Waals surface area (Å²) in [7, 11) is 0. The van der Waals surface area contributed by atoms with Crippen LogP contribution in [0.4, 0.5) is 24.9 Å². The van der Waals surface area contributed by atoms with Gasteiger partial charge in [-0.3, -0.25) is 0 Å². The molecule has 0 radical (unpaired) electrons. The summed E-state index contributed by atoms with van der Waals surface area (Å²) in [4.78, 5) is 0. The number of nitrogens with one attached hydrogen (secondary N) is 1. The van der Waals surface area contributed by atoms with Crippen LogP contribution in [0, 0.1) is 17.5 Å². The van der Waals surface area contributed by atoms with Crippen molar-refractivity contribution in [2.45, 2.75) is 6.42 Å². The Morgan fingerprint density at radius 3 is 2.44 bits per heavy atom. The van der Waals surface area contributed by atoms with E-state index in [0.29, 0.717) is 12.3 Å². The Labute approximate surface area is 105 Å². The monoisotopic (exact) mass is 277 g/mol. The van der Waals surface area contributed by atoms with Gasteiger partial charge in [-0.05, 0) is 0 Å². The SMILES string of the molecule is Fc1cc(Nc2nnc(CCCl)o2)cc(F)c1F. The highest BCUT2D eigenvalue weighted by atomic mass is 35.5. The lowest BCUT2D eigenvalue weighted by atomic mass is 10.3. The number of aromatic nitrogens is 2. The first kappa shape index (κ1) is 12.7. The largest absolute Gasteiger partial charge is 0.408 e. The van der Waals surface area contributed by atoms with Gasteiger partial charge in [-0.15, -0.1) is 16.7 Å². The molecule has 0 atom stereocenters. The summed E-state index contributed by atoms with van der Waals surface area (Å²) in [5.74, 6) is -3.55. The van der Waals surface area contributed by atoms with E-state index >= 15 is 0 Å². The smallest absolute Gasteiger partial charge is 0.320 e. The van der Waals surface area contributed by atoms with E-state index in [1.807, 2.05) is 0 Å². The Hall–Kier alpha value is -1.76. The first-order valence-corrected chi connectivity index (χ1v) is 5.43. The van der Waals surface area contributed by atoms with E-state index in [1.54, 1.807) is 0 Å². The molecule has 1 aromatic carbocycles. The molecule has 0 saturated heterocycles. The van der Waals surface area contributed by atoms with Crippen LogP contribution in [0.2, 0.25) is 0 Å². The van der Waals surface area contributed by atoms with Gasteiger partial charge in [0.1, 0.15) is 0 Å². The topological polar surface area (TPSA) is 51.0 Å². The second-order valence-corrected chi connectivity index (χ2v) is 3.70. The average molecular weight is 278 g/mol. The molecule has 0 aliphatic carbocycles. The number of aryl methyl sites for hydroxylation is 1. The Balaban J connectivity index is 2.17. The molecule has 1 N–H and O–H groups in total. The van der Waals surface area contributed by atoms with E-state index in [-0.39, 0.29) is 17.6 Å². The molecule has 0 aliphatic rings. The molecular formula is C10H7ClF3N3O. The van der Waals surface area contributed by atoms with Gasteiger partial charge in [0.25, 0.3) is 0 Å². The number of hydrogen-bond donors (Lipinski definition) is 1. The fourth-order valence-electron chi connectivity index (χ4n) is 1.24. The van der Waals surface area contributed by atoms with Crippen LogP contribution >= 0.6 is 11.6 Å². The van der Waals surface area contributed by atoms with Gasteiger partial charge in [0.2, 0.25) is 5.89 Å². The van der Waals surface area contributed by atoms with Crippen molar-refractivity contribution in [3.63, 3.8) is 0 Å². The standard InChI is InChI=1S/C10H7ClF3N3O/c11-2-1-8-16-17-10(18-8)15-5-3-6(12)9(14)7(13)4-5/h3-4H,1-2H2,(H,15,17).